The van der Waals surface area contributed by atoms with Gasteiger partial charge in [0.15, 0.2) is 0 Å². The molecule has 1 atom stereocenters. The maximum atomic E-state index is 5.76. The number of ether oxygens (including phenoxy) is 1. The maximum absolute atomic E-state index is 5.76. The normalized spacial score (nSPS) is 25.4. The van der Waals surface area contributed by atoms with Crippen LogP contribution in [0, 0.1) is 24.9 Å². The van der Waals surface area contributed by atoms with Crippen molar-refractivity contribution < 1.29 is 4.74 Å². The second kappa shape index (κ2) is 11.6. The summed E-state index contributed by atoms with van der Waals surface area (Å²) in [7, 11) is 0. The fraction of sp³-hybridized carbons (Fsp3) is 0.680. The molecule has 156 valence electrons. The van der Waals surface area contributed by atoms with E-state index in [1.807, 2.05) is 0 Å². The fourth-order valence-corrected chi connectivity index (χ4v) is 6.62. The van der Waals surface area contributed by atoms with Crippen molar-refractivity contribution in [2.75, 3.05) is 6.61 Å². The Morgan fingerprint density at radius 1 is 0.929 bits per heavy atom. The monoisotopic (exact) mass is 606 g/mol. The lowest BCUT2D eigenvalue weighted by Gasteiger charge is -2.35. The van der Waals surface area contributed by atoms with E-state index in [-0.39, 0.29) is 0 Å². The van der Waals surface area contributed by atoms with Crippen molar-refractivity contribution in [2.24, 2.45) is 17.8 Å². The number of halogens is 2. The molecule has 3 heteroatoms. The standard InChI is InChI=1S/C25H36I2O/c1-3-5-6-7-18-8-10-19(11-9-18)20-12-14-21(15-13-20)22-16-17-23(28-4-2)25(27)24(22)26/h14,16-20H,3-13,15H2,1-2H3. The second-order valence-corrected chi connectivity index (χ2v) is 10.9. The van der Waals surface area contributed by atoms with Crippen LogP contribution < -0.4 is 4.74 Å². The summed E-state index contributed by atoms with van der Waals surface area (Å²) in [4.78, 5) is 0. The highest BCUT2D eigenvalue weighted by atomic mass is 127. The molecule has 0 aliphatic heterocycles. The molecule has 1 nitrogen and oxygen atoms in total. The molecular formula is C25H36I2O. The first kappa shape index (κ1) is 22.9. The molecule has 1 aromatic rings. The summed E-state index contributed by atoms with van der Waals surface area (Å²) in [6, 6.07) is 4.44. The molecule has 3 rings (SSSR count). The third-order valence-electron chi connectivity index (χ3n) is 6.92. The van der Waals surface area contributed by atoms with Crippen molar-refractivity contribution in [3.63, 3.8) is 0 Å². The summed E-state index contributed by atoms with van der Waals surface area (Å²) >= 11 is 4.95. The highest BCUT2D eigenvalue weighted by molar-refractivity contribution is 14.1. The molecule has 28 heavy (non-hydrogen) atoms. The molecule has 1 unspecified atom stereocenters. The molecule has 0 saturated heterocycles. The first-order valence-corrected chi connectivity index (χ1v) is 13.6. The highest BCUT2D eigenvalue weighted by Crippen LogP contribution is 2.43. The highest BCUT2D eigenvalue weighted by Gasteiger charge is 2.29. The summed E-state index contributed by atoms with van der Waals surface area (Å²) < 4.78 is 8.39. The molecule has 0 bridgehead atoms. The number of unbranched alkanes of at least 4 members (excludes halogenated alkanes) is 2. The molecule has 0 spiro atoms. The van der Waals surface area contributed by atoms with E-state index in [1.165, 1.54) is 83.3 Å². The summed E-state index contributed by atoms with van der Waals surface area (Å²) in [5, 5.41) is 0. The van der Waals surface area contributed by atoms with E-state index in [4.69, 9.17) is 4.74 Å². The van der Waals surface area contributed by atoms with Gasteiger partial charge in [0, 0.05) is 3.57 Å². The van der Waals surface area contributed by atoms with Gasteiger partial charge in [-0.3, -0.25) is 0 Å². The number of allylic oxidation sites excluding steroid dienone is 2. The molecule has 2 aliphatic carbocycles. The number of benzene rings is 1. The fourth-order valence-electron chi connectivity index (χ4n) is 5.21. The Morgan fingerprint density at radius 3 is 2.36 bits per heavy atom. The van der Waals surface area contributed by atoms with Crippen LogP contribution in [-0.4, -0.2) is 6.61 Å². The Bertz CT molecular complexity index is 659. The molecule has 1 saturated carbocycles. The van der Waals surface area contributed by atoms with Gasteiger partial charge in [-0.1, -0.05) is 51.5 Å². The summed E-state index contributed by atoms with van der Waals surface area (Å²) in [5.41, 5.74) is 3.00. The molecule has 1 fully saturated rings. The zero-order chi connectivity index (χ0) is 19.9. The van der Waals surface area contributed by atoms with Crippen LogP contribution >= 0.6 is 45.2 Å². The van der Waals surface area contributed by atoms with Gasteiger partial charge in [0.25, 0.3) is 0 Å². The van der Waals surface area contributed by atoms with Gasteiger partial charge in [0.2, 0.25) is 0 Å². The minimum atomic E-state index is 0.733. The maximum Gasteiger partial charge on any atom is 0.133 e. The van der Waals surface area contributed by atoms with E-state index < -0.39 is 0 Å². The summed E-state index contributed by atoms with van der Waals surface area (Å²) in [6.45, 7) is 5.10. The smallest absolute Gasteiger partial charge is 0.133 e. The molecule has 1 aromatic carbocycles. The van der Waals surface area contributed by atoms with E-state index in [2.05, 4.69) is 77.2 Å². The first-order chi connectivity index (χ1) is 13.6. The van der Waals surface area contributed by atoms with E-state index in [0.29, 0.717) is 0 Å². The summed E-state index contributed by atoms with van der Waals surface area (Å²) in [5.74, 6) is 3.98. The van der Waals surface area contributed by atoms with E-state index in [9.17, 15) is 0 Å². The topological polar surface area (TPSA) is 9.23 Å². The second-order valence-electron chi connectivity index (χ2n) is 8.71. The van der Waals surface area contributed by atoms with Crippen LogP contribution in [0.3, 0.4) is 0 Å². The summed E-state index contributed by atoms with van der Waals surface area (Å²) in [6.07, 6.45) is 18.2. The van der Waals surface area contributed by atoms with Crippen molar-refractivity contribution in [1.82, 2.24) is 0 Å². The van der Waals surface area contributed by atoms with Crippen molar-refractivity contribution in [3.8, 4) is 5.75 Å². The number of rotatable bonds is 8. The van der Waals surface area contributed by atoms with Gasteiger partial charge in [-0.05, 0) is 125 Å². The molecule has 0 heterocycles. The van der Waals surface area contributed by atoms with Crippen molar-refractivity contribution >= 4 is 50.8 Å². The largest absolute Gasteiger partial charge is 0.493 e. The Hall–Kier alpha value is 0.220. The average molecular weight is 606 g/mol. The predicted octanol–water partition coefficient (Wildman–Crippen LogP) is 8.86. The Balaban J connectivity index is 1.55. The van der Waals surface area contributed by atoms with Gasteiger partial charge in [0.05, 0.1) is 10.2 Å². The molecular weight excluding hydrogens is 570 g/mol. The van der Waals surface area contributed by atoms with Crippen LogP contribution in [0.5, 0.6) is 5.75 Å². The van der Waals surface area contributed by atoms with Crippen molar-refractivity contribution in [1.29, 1.82) is 0 Å². The Morgan fingerprint density at radius 2 is 1.71 bits per heavy atom. The SMILES string of the molecule is CCCCCC1CCC(C2CC=C(c3ccc(OCC)c(I)c3I)CC2)CC1. The van der Waals surface area contributed by atoms with E-state index >= 15 is 0 Å². The van der Waals surface area contributed by atoms with Crippen LogP contribution in [0.15, 0.2) is 18.2 Å². The van der Waals surface area contributed by atoms with Gasteiger partial charge in [-0.15, -0.1) is 0 Å². The predicted molar refractivity (Wildman–Crippen MR) is 138 cm³/mol. The van der Waals surface area contributed by atoms with Gasteiger partial charge < -0.3 is 4.74 Å². The molecule has 0 amide bonds. The zero-order valence-electron chi connectivity index (χ0n) is 17.6. The van der Waals surface area contributed by atoms with Crippen LogP contribution in [0.25, 0.3) is 5.57 Å². The van der Waals surface area contributed by atoms with E-state index in [0.717, 1.165) is 30.1 Å². The number of hydrogen-bond donors (Lipinski definition) is 0. The molecule has 0 radical (unpaired) electrons. The Kier molecular flexibility index (Phi) is 9.46. The number of hydrogen-bond acceptors (Lipinski definition) is 1. The molecule has 0 N–H and O–H groups in total. The average Bonchev–Trinajstić information content (AvgIpc) is 2.73. The minimum absolute atomic E-state index is 0.733. The van der Waals surface area contributed by atoms with Gasteiger partial charge in [0.1, 0.15) is 5.75 Å². The molecule has 2 aliphatic rings. The lowest BCUT2D eigenvalue weighted by molar-refractivity contribution is 0.187. The molecule has 0 aromatic heterocycles. The minimum Gasteiger partial charge on any atom is -0.493 e. The third kappa shape index (κ3) is 5.89. The van der Waals surface area contributed by atoms with Gasteiger partial charge in [-0.2, -0.15) is 0 Å². The third-order valence-corrected chi connectivity index (χ3v) is 10.1. The van der Waals surface area contributed by atoms with E-state index in [1.54, 1.807) is 5.57 Å². The quantitative estimate of drug-likeness (QED) is 0.212. The van der Waals surface area contributed by atoms with Crippen molar-refractivity contribution in [2.45, 2.75) is 84.5 Å². The van der Waals surface area contributed by atoms with Crippen LogP contribution in [0.2, 0.25) is 0 Å². The zero-order valence-corrected chi connectivity index (χ0v) is 21.9. The first-order valence-electron chi connectivity index (χ1n) is 11.4. The van der Waals surface area contributed by atoms with Crippen LogP contribution in [-0.2, 0) is 0 Å². The van der Waals surface area contributed by atoms with Crippen molar-refractivity contribution in [3.05, 3.63) is 30.9 Å². The van der Waals surface area contributed by atoms with Crippen LogP contribution in [0.1, 0.15) is 90.0 Å². The van der Waals surface area contributed by atoms with Crippen LogP contribution in [0.4, 0.5) is 0 Å². The lowest BCUT2D eigenvalue weighted by atomic mass is 9.70. The Labute approximate surface area is 199 Å². The lowest BCUT2D eigenvalue weighted by Crippen LogP contribution is -2.23. The van der Waals surface area contributed by atoms with Gasteiger partial charge >= 0.3 is 0 Å². The van der Waals surface area contributed by atoms with Gasteiger partial charge in [-0.25, -0.2) is 0 Å².